The Morgan fingerprint density at radius 1 is 1.18 bits per heavy atom. The number of carbonyl (C=O) groups is 2. The number of aromatic nitrogens is 2. The summed E-state index contributed by atoms with van der Waals surface area (Å²) in [5, 5.41) is 4.60. The SMILES string of the molecule is COC(=O)c1cc(COC(=O)c2cc(C3CC3)nn2-c2ccccc2)oc1C. The summed E-state index contributed by atoms with van der Waals surface area (Å²) in [7, 11) is 1.30. The fourth-order valence-electron chi connectivity index (χ4n) is 3.03. The lowest BCUT2D eigenvalue weighted by Gasteiger charge is -2.07. The van der Waals surface area contributed by atoms with Crippen molar-refractivity contribution in [3.63, 3.8) is 0 Å². The van der Waals surface area contributed by atoms with Gasteiger partial charge in [0.15, 0.2) is 5.69 Å². The molecule has 0 saturated heterocycles. The number of benzene rings is 1. The van der Waals surface area contributed by atoms with Crippen LogP contribution in [0.2, 0.25) is 0 Å². The Morgan fingerprint density at radius 3 is 2.61 bits per heavy atom. The van der Waals surface area contributed by atoms with E-state index < -0.39 is 11.9 Å². The number of methoxy groups -OCH3 is 1. The summed E-state index contributed by atoms with van der Waals surface area (Å²) in [5.41, 5.74) is 2.38. The van der Waals surface area contributed by atoms with Crippen LogP contribution in [0, 0.1) is 6.92 Å². The van der Waals surface area contributed by atoms with Crippen molar-refractivity contribution in [2.45, 2.75) is 32.3 Å². The summed E-state index contributed by atoms with van der Waals surface area (Å²) < 4.78 is 17.2. The second-order valence-electron chi connectivity index (χ2n) is 6.73. The van der Waals surface area contributed by atoms with Crippen LogP contribution in [0.3, 0.4) is 0 Å². The summed E-state index contributed by atoms with van der Waals surface area (Å²) in [6.45, 7) is 1.57. The molecule has 2 heterocycles. The molecule has 0 spiro atoms. The third kappa shape index (κ3) is 3.55. The van der Waals surface area contributed by atoms with Crippen molar-refractivity contribution in [2.75, 3.05) is 7.11 Å². The van der Waals surface area contributed by atoms with Crippen LogP contribution in [0.4, 0.5) is 0 Å². The van der Waals surface area contributed by atoms with Crippen molar-refractivity contribution in [3.8, 4) is 5.69 Å². The monoisotopic (exact) mass is 380 g/mol. The molecule has 28 heavy (non-hydrogen) atoms. The smallest absolute Gasteiger partial charge is 0.357 e. The average Bonchev–Trinajstić information content (AvgIpc) is 3.36. The Kier molecular flexibility index (Phi) is 4.73. The van der Waals surface area contributed by atoms with Crippen molar-refractivity contribution < 1.29 is 23.5 Å². The first kappa shape index (κ1) is 18.0. The largest absolute Gasteiger partial charge is 0.465 e. The molecule has 144 valence electrons. The first-order valence-corrected chi connectivity index (χ1v) is 9.07. The predicted molar refractivity (Wildman–Crippen MR) is 99.4 cm³/mol. The van der Waals surface area contributed by atoms with Gasteiger partial charge in [-0.2, -0.15) is 5.10 Å². The van der Waals surface area contributed by atoms with Crippen LogP contribution in [0.1, 0.15) is 56.8 Å². The van der Waals surface area contributed by atoms with Crippen molar-refractivity contribution in [1.82, 2.24) is 9.78 Å². The van der Waals surface area contributed by atoms with E-state index in [9.17, 15) is 9.59 Å². The van der Waals surface area contributed by atoms with E-state index in [1.54, 1.807) is 17.7 Å². The Hall–Kier alpha value is -3.35. The number of nitrogens with zero attached hydrogens (tertiary/aromatic N) is 2. The maximum absolute atomic E-state index is 12.7. The van der Waals surface area contributed by atoms with E-state index in [2.05, 4.69) is 5.10 Å². The minimum Gasteiger partial charge on any atom is -0.465 e. The number of aryl methyl sites for hydroxylation is 1. The molecule has 1 aromatic carbocycles. The number of hydrogen-bond acceptors (Lipinski definition) is 6. The summed E-state index contributed by atoms with van der Waals surface area (Å²) in [6, 6.07) is 12.8. The first-order chi connectivity index (χ1) is 13.6. The van der Waals surface area contributed by atoms with Crippen molar-refractivity contribution in [1.29, 1.82) is 0 Å². The molecule has 7 heteroatoms. The van der Waals surface area contributed by atoms with Crippen molar-refractivity contribution >= 4 is 11.9 Å². The molecular formula is C21H20N2O5. The van der Waals surface area contributed by atoms with Crippen LogP contribution < -0.4 is 0 Å². The van der Waals surface area contributed by atoms with Gasteiger partial charge in [-0.15, -0.1) is 0 Å². The van der Waals surface area contributed by atoms with Gasteiger partial charge in [-0.1, -0.05) is 18.2 Å². The van der Waals surface area contributed by atoms with Crippen molar-refractivity contribution in [2.24, 2.45) is 0 Å². The Bertz CT molecular complexity index is 1010. The molecule has 1 aliphatic rings. The van der Waals surface area contributed by atoms with Gasteiger partial charge < -0.3 is 13.9 Å². The summed E-state index contributed by atoms with van der Waals surface area (Å²) in [6.07, 6.45) is 2.17. The van der Waals surface area contributed by atoms with Gasteiger partial charge in [0.2, 0.25) is 0 Å². The highest BCUT2D eigenvalue weighted by atomic mass is 16.5. The highest BCUT2D eigenvalue weighted by Crippen LogP contribution is 2.39. The Balaban J connectivity index is 1.54. The third-order valence-corrected chi connectivity index (χ3v) is 4.65. The minimum atomic E-state index is -0.503. The van der Waals surface area contributed by atoms with E-state index in [-0.39, 0.29) is 6.61 Å². The van der Waals surface area contributed by atoms with Crippen LogP contribution in [-0.4, -0.2) is 28.8 Å². The molecule has 2 aromatic heterocycles. The van der Waals surface area contributed by atoms with Gasteiger partial charge in [0, 0.05) is 5.92 Å². The third-order valence-electron chi connectivity index (χ3n) is 4.65. The number of para-hydroxylation sites is 1. The molecule has 0 bridgehead atoms. The topological polar surface area (TPSA) is 83.6 Å². The van der Waals surface area contributed by atoms with Gasteiger partial charge in [-0.3, -0.25) is 0 Å². The predicted octanol–water partition coefficient (Wildman–Crippen LogP) is 3.79. The average molecular weight is 380 g/mol. The first-order valence-electron chi connectivity index (χ1n) is 9.07. The number of carbonyl (C=O) groups excluding carboxylic acids is 2. The molecule has 3 aromatic rings. The zero-order valence-electron chi connectivity index (χ0n) is 15.7. The van der Waals surface area contributed by atoms with E-state index in [1.807, 2.05) is 30.3 Å². The molecule has 1 aliphatic carbocycles. The van der Waals surface area contributed by atoms with Crippen LogP contribution in [-0.2, 0) is 16.1 Å². The number of rotatable bonds is 6. The molecule has 1 saturated carbocycles. The van der Waals surface area contributed by atoms with Gasteiger partial charge in [0.25, 0.3) is 0 Å². The van der Waals surface area contributed by atoms with Crippen LogP contribution in [0.15, 0.2) is 46.9 Å². The summed E-state index contributed by atoms with van der Waals surface area (Å²) >= 11 is 0. The number of furan rings is 1. The lowest BCUT2D eigenvalue weighted by atomic mass is 10.2. The second kappa shape index (κ2) is 7.34. The van der Waals surface area contributed by atoms with E-state index in [1.165, 1.54) is 13.2 Å². The normalized spacial score (nSPS) is 13.4. The van der Waals surface area contributed by atoms with E-state index >= 15 is 0 Å². The fourth-order valence-corrected chi connectivity index (χ4v) is 3.03. The van der Waals surface area contributed by atoms with Gasteiger partial charge >= 0.3 is 11.9 Å². The van der Waals surface area contributed by atoms with Gasteiger partial charge in [0.1, 0.15) is 23.7 Å². The number of ether oxygens (including phenoxy) is 2. The van der Waals surface area contributed by atoms with Crippen LogP contribution >= 0.6 is 0 Å². The van der Waals surface area contributed by atoms with Gasteiger partial charge in [-0.05, 0) is 44.0 Å². The lowest BCUT2D eigenvalue weighted by molar-refractivity contribution is 0.0433. The molecule has 0 radical (unpaired) electrons. The van der Waals surface area contributed by atoms with Crippen LogP contribution in [0.25, 0.3) is 5.69 Å². The molecule has 4 rings (SSSR count). The quantitative estimate of drug-likeness (QED) is 0.605. The molecule has 7 nitrogen and oxygen atoms in total. The summed E-state index contributed by atoms with van der Waals surface area (Å²) in [4.78, 5) is 24.4. The molecule has 0 unspecified atom stereocenters. The molecule has 0 atom stereocenters. The lowest BCUT2D eigenvalue weighted by Crippen LogP contribution is -2.12. The summed E-state index contributed by atoms with van der Waals surface area (Å²) in [5.74, 6) is 0.210. The van der Waals surface area contributed by atoms with E-state index in [0.717, 1.165) is 24.2 Å². The molecule has 0 amide bonds. The highest BCUT2D eigenvalue weighted by Gasteiger charge is 2.29. The Labute approximate surface area is 161 Å². The van der Waals surface area contributed by atoms with Gasteiger partial charge in [-0.25, -0.2) is 14.3 Å². The molecule has 0 N–H and O–H groups in total. The van der Waals surface area contributed by atoms with Crippen LogP contribution in [0.5, 0.6) is 0 Å². The molecule has 1 fully saturated rings. The standard InChI is InChI=1S/C21H20N2O5/c1-13-17(20(24)26-2)10-16(28-13)12-27-21(25)19-11-18(14-8-9-14)22-23(19)15-6-4-3-5-7-15/h3-7,10-11,14H,8-9,12H2,1-2H3. The fraction of sp³-hybridized carbons (Fsp3) is 0.286. The van der Waals surface area contributed by atoms with E-state index in [4.69, 9.17) is 13.9 Å². The zero-order chi connectivity index (χ0) is 19.7. The zero-order valence-corrected chi connectivity index (χ0v) is 15.7. The minimum absolute atomic E-state index is 0.0879. The maximum Gasteiger partial charge on any atom is 0.357 e. The van der Waals surface area contributed by atoms with Gasteiger partial charge in [0.05, 0.1) is 18.5 Å². The number of hydrogen-bond donors (Lipinski definition) is 0. The van der Waals surface area contributed by atoms with E-state index in [0.29, 0.717) is 28.7 Å². The maximum atomic E-state index is 12.7. The highest BCUT2D eigenvalue weighted by molar-refractivity contribution is 5.90. The number of esters is 2. The Morgan fingerprint density at radius 2 is 1.93 bits per heavy atom. The van der Waals surface area contributed by atoms with Crippen molar-refractivity contribution in [3.05, 3.63) is 70.9 Å². The molecule has 0 aliphatic heterocycles. The second-order valence-corrected chi connectivity index (χ2v) is 6.73. The molecular weight excluding hydrogens is 360 g/mol.